The van der Waals surface area contributed by atoms with Gasteiger partial charge in [0, 0.05) is 11.9 Å². The number of hydrogen-bond acceptors (Lipinski definition) is 4. The van der Waals surface area contributed by atoms with Gasteiger partial charge in [-0.1, -0.05) is 23.2 Å². The smallest absolute Gasteiger partial charge is 0.367 e. The van der Waals surface area contributed by atoms with Gasteiger partial charge in [-0.25, -0.2) is 4.79 Å². The molecule has 6 heteroatoms. The second-order valence-electron chi connectivity index (χ2n) is 3.05. The number of carbonyl (C=O) groups excluding carboxylic acids is 1. The number of nitrogens with zero attached hydrogens (tertiary/aromatic N) is 1. The first-order chi connectivity index (χ1) is 8.04. The van der Waals surface area contributed by atoms with E-state index >= 15 is 0 Å². The van der Waals surface area contributed by atoms with E-state index in [0.717, 1.165) is 0 Å². The molecule has 0 N–H and O–H groups in total. The fraction of sp³-hybridized carbons (Fsp3) is 0.273. The Bertz CT molecular complexity index is 446. The molecule has 1 rings (SSSR count). The molecule has 0 fully saturated rings. The van der Waals surface area contributed by atoms with Gasteiger partial charge in [0.15, 0.2) is 0 Å². The molecule has 1 aromatic carbocycles. The summed E-state index contributed by atoms with van der Waals surface area (Å²) < 4.78 is 5.00. The van der Waals surface area contributed by atoms with Crippen LogP contribution in [0.4, 0.5) is 0 Å². The van der Waals surface area contributed by atoms with E-state index in [2.05, 4.69) is 9.99 Å². The molecule has 17 heavy (non-hydrogen) atoms. The molecule has 0 aliphatic carbocycles. The zero-order chi connectivity index (χ0) is 12.8. The van der Waals surface area contributed by atoms with E-state index in [9.17, 15) is 4.79 Å². The van der Waals surface area contributed by atoms with Gasteiger partial charge in [0.05, 0.1) is 17.2 Å². The van der Waals surface area contributed by atoms with Crippen molar-refractivity contribution in [1.29, 1.82) is 0 Å². The monoisotopic (exact) mass is 275 g/mol. The van der Waals surface area contributed by atoms with Crippen molar-refractivity contribution in [3.8, 4) is 0 Å². The van der Waals surface area contributed by atoms with Gasteiger partial charge >= 0.3 is 5.97 Å². The van der Waals surface area contributed by atoms with E-state index in [1.54, 1.807) is 19.9 Å². The van der Waals surface area contributed by atoms with E-state index in [-0.39, 0.29) is 16.5 Å². The number of benzene rings is 1. The first-order valence-electron chi connectivity index (χ1n) is 4.88. The van der Waals surface area contributed by atoms with Crippen LogP contribution in [0.2, 0.25) is 10.0 Å². The Morgan fingerprint density at radius 2 is 2.12 bits per heavy atom. The highest BCUT2D eigenvalue weighted by molar-refractivity contribution is 6.35. The molecule has 4 nitrogen and oxygen atoms in total. The van der Waals surface area contributed by atoms with Crippen molar-refractivity contribution in [3.63, 3.8) is 0 Å². The van der Waals surface area contributed by atoms with Crippen molar-refractivity contribution < 1.29 is 14.4 Å². The van der Waals surface area contributed by atoms with E-state index in [0.29, 0.717) is 11.6 Å². The molecular weight excluding hydrogens is 265 g/mol. The summed E-state index contributed by atoms with van der Waals surface area (Å²) in [5.74, 6) is -0.421. The van der Waals surface area contributed by atoms with Crippen molar-refractivity contribution in [1.82, 2.24) is 0 Å². The zero-order valence-electron chi connectivity index (χ0n) is 9.37. The van der Waals surface area contributed by atoms with Crippen molar-refractivity contribution >= 4 is 35.1 Å². The van der Waals surface area contributed by atoms with Crippen LogP contribution in [0.3, 0.4) is 0 Å². The normalized spacial score (nSPS) is 11.2. The molecule has 0 aromatic heterocycles. The Morgan fingerprint density at radius 3 is 2.76 bits per heavy atom. The van der Waals surface area contributed by atoms with Gasteiger partial charge < -0.3 is 9.57 Å². The lowest BCUT2D eigenvalue weighted by Gasteiger charge is -2.03. The highest BCUT2D eigenvalue weighted by Crippen LogP contribution is 2.21. The van der Waals surface area contributed by atoms with Crippen LogP contribution in [0, 0.1) is 0 Å². The maximum atomic E-state index is 11.6. The molecular formula is C11H11Cl2NO3. The summed E-state index contributed by atoms with van der Waals surface area (Å²) in [6, 6.07) is 4.51. The van der Waals surface area contributed by atoms with Gasteiger partial charge in [-0.05, 0) is 30.3 Å². The molecule has 0 saturated carbocycles. The van der Waals surface area contributed by atoms with Crippen molar-refractivity contribution in [2.75, 3.05) is 6.61 Å². The van der Waals surface area contributed by atoms with Crippen LogP contribution in [0.15, 0.2) is 23.4 Å². The van der Waals surface area contributed by atoms with Gasteiger partial charge in [-0.3, -0.25) is 0 Å². The molecule has 1 aromatic rings. The Labute approximate surface area is 109 Å². The molecule has 92 valence electrons. The Kier molecular flexibility index (Phi) is 5.25. The van der Waals surface area contributed by atoms with E-state index in [1.165, 1.54) is 12.1 Å². The van der Waals surface area contributed by atoms with Crippen LogP contribution in [0.1, 0.15) is 24.2 Å². The van der Waals surface area contributed by atoms with Gasteiger partial charge in [-0.2, -0.15) is 0 Å². The fourth-order valence-corrected chi connectivity index (χ4v) is 1.41. The third-order valence-electron chi connectivity index (χ3n) is 1.76. The maximum absolute atomic E-state index is 11.6. The fourth-order valence-electron chi connectivity index (χ4n) is 1.04. The van der Waals surface area contributed by atoms with Crippen molar-refractivity contribution in [2.24, 2.45) is 5.16 Å². The first kappa shape index (κ1) is 13.8. The maximum Gasteiger partial charge on any atom is 0.367 e. The minimum atomic E-state index is -0.684. The highest BCUT2D eigenvalue weighted by Gasteiger charge is 2.12. The summed E-state index contributed by atoms with van der Waals surface area (Å²) >= 11 is 11.6. The second-order valence-corrected chi connectivity index (χ2v) is 3.89. The summed E-state index contributed by atoms with van der Waals surface area (Å²) in [7, 11) is 0. The lowest BCUT2D eigenvalue weighted by atomic mass is 10.2. The molecule has 0 radical (unpaired) electrons. The van der Waals surface area contributed by atoms with E-state index in [4.69, 9.17) is 27.9 Å². The standard InChI is InChI=1S/C11H11Cl2NO3/c1-3-16-7(2)14-17-11(15)9-6-8(12)4-5-10(9)13/h4-6H,3H2,1-2H3. The molecule has 0 aliphatic heterocycles. The van der Waals surface area contributed by atoms with Gasteiger partial charge in [0.25, 0.3) is 0 Å². The van der Waals surface area contributed by atoms with Crippen LogP contribution >= 0.6 is 23.2 Å². The molecule has 0 atom stereocenters. The van der Waals surface area contributed by atoms with E-state index < -0.39 is 5.97 Å². The van der Waals surface area contributed by atoms with Gasteiger partial charge in [0.1, 0.15) is 0 Å². The number of ether oxygens (including phenoxy) is 1. The third-order valence-corrected chi connectivity index (χ3v) is 2.32. The quantitative estimate of drug-likeness (QED) is 0.367. The third kappa shape index (κ3) is 4.24. The average Bonchev–Trinajstić information content (AvgIpc) is 2.29. The predicted molar refractivity (Wildman–Crippen MR) is 66.6 cm³/mol. The van der Waals surface area contributed by atoms with Crippen LogP contribution in [0.25, 0.3) is 0 Å². The largest absolute Gasteiger partial charge is 0.479 e. The van der Waals surface area contributed by atoms with E-state index in [1.807, 2.05) is 0 Å². The minimum absolute atomic E-state index is 0.159. The predicted octanol–water partition coefficient (Wildman–Crippen LogP) is 3.52. The summed E-state index contributed by atoms with van der Waals surface area (Å²) in [6.45, 7) is 3.83. The van der Waals surface area contributed by atoms with Crippen LogP contribution in [0.5, 0.6) is 0 Å². The number of hydrogen-bond donors (Lipinski definition) is 0. The Hall–Kier alpha value is -1.26. The summed E-state index contributed by atoms with van der Waals surface area (Å²) in [6.07, 6.45) is 0. The van der Waals surface area contributed by atoms with Crippen molar-refractivity contribution in [2.45, 2.75) is 13.8 Å². The second kappa shape index (κ2) is 6.47. The molecule has 0 heterocycles. The molecule has 0 unspecified atom stereocenters. The minimum Gasteiger partial charge on any atom is -0.479 e. The Balaban J connectivity index is 2.76. The summed E-state index contributed by atoms with van der Waals surface area (Å²) in [5.41, 5.74) is 0.159. The molecule has 0 bridgehead atoms. The zero-order valence-corrected chi connectivity index (χ0v) is 10.9. The average molecular weight is 276 g/mol. The number of oxime groups is 1. The lowest BCUT2D eigenvalue weighted by Crippen LogP contribution is -2.06. The van der Waals surface area contributed by atoms with Gasteiger partial charge in [-0.15, -0.1) is 0 Å². The number of rotatable bonds is 3. The summed E-state index contributed by atoms with van der Waals surface area (Å²) in [4.78, 5) is 16.3. The molecule has 0 saturated heterocycles. The Morgan fingerprint density at radius 1 is 1.41 bits per heavy atom. The molecule has 0 aliphatic rings. The molecule has 0 spiro atoms. The number of carbonyl (C=O) groups is 1. The first-order valence-corrected chi connectivity index (χ1v) is 5.64. The van der Waals surface area contributed by atoms with Crippen molar-refractivity contribution in [3.05, 3.63) is 33.8 Å². The summed E-state index contributed by atoms with van der Waals surface area (Å²) in [5, 5.41) is 4.15. The SMILES string of the molecule is CCOC(C)=NOC(=O)c1cc(Cl)ccc1Cl. The topological polar surface area (TPSA) is 47.9 Å². The van der Waals surface area contributed by atoms with Crippen LogP contribution in [-0.2, 0) is 9.57 Å². The number of halogens is 2. The van der Waals surface area contributed by atoms with Gasteiger partial charge in [0.2, 0.25) is 5.90 Å². The van der Waals surface area contributed by atoms with Crippen LogP contribution < -0.4 is 0 Å². The van der Waals surface area contributed by atoms with Crippen LogP contribution in [-0.4, -0.2) is 18.5 Å². The highest BCUT2D eigenvalue weighted by atomic mass is 35.5. The molecule has 0 amide bonds. The lowest BCUT2D eigenvalue weighted by molar-refractivity contribution is 0.0501.